The van der Waals surface area contributed by atoms with Gasteiger partial charge in [0.2, 0.25) is 0 Å². The van der Waals surface area contributed by atoms with Crippen LogP contribution in [-0.2, 0) is 10.9 Å². The molecule has 0 unspecified atom stereocenters. The second-order valence-corrected chi connectivity index (χ2v) is 3.18. The van der Waals surface area contributed by atoms with E-state index in [2.05, 4.69) is 4.99 Å². The van der Waals surface area contributed by atoms with E-state index in [-0.39, 0.29) is 6.61 Å². The first-order valence-electron chi connectivity index (χ1n) is 4.61. The summed E-state index contributed by atoms with van der Waals surface area (Å²) in [4.78, 5) is 3.90. The molecule has 16 heavy (non-hydrogen) atoms. The standard InChI is InChI=1S/C11H12F3NO/c1-15-10(7-16-2)8-4-3-5-9(6-8)11(12,13)14/h3-6H,7H2,1-2H3. The Morgan fingerprint density at radius 3 is 2.56 bits per heavy atom. The first-order valence-corrected chi connectivity index (χ1v) is 4.61. The third-order valence-corrected chi connectivity index (χ3v) is 2.07. The summed E-state index contributed by atoms with van der Waals surface area (Å²) < 4.78 is 42.2. The van der Waals surface area contributed by atoms with Gasteiger partial charge in [0.15, 0.2) is 0 Å². The summed E-state index contributed by atoms with van der Waals surface area (Å²) in [6, 6.07) is 5.04. The predicted octanol–water partition coefficient (Wildman–Crippen LogP) is 2.77. The van der Waals surface area contributed by atoms with Gasteiger partial charge in [0, 0.05) is 14.2 Å². The fourth-order valence-corrected chi connectivity index (χ4v) is 1.29. The van der Waals surface area contributed by atoms with Crippen LogP contribution in [0.1, 0.15) is 11.1 Å². The summed E-state index contributed by atoms with van der Waals surface area (Å²) in [5, 5.41) is 0. The number of methoxy groups -OCH3 is 1. The van der Waals surface area contributed by atoms with E-state index in [9.17, 15) is 13.2 Å². The molecular weight excluding hydrogens is 219 g/mol. The van der Waals surface area contributed by atoms with E-state index < -0.39 is 11.7 Å². The van der Waals surface area contributed by atoms with Gasteiger partial charge in [-0.25, -0.2) is 0 Å². The van der Waals surface area contributed by atoms with E-state index in [0.29, 0.717) is 11.3 Å². The first kappa shape index (κ1) is 12.7. The fraction of sp³-hybridized carbons (Fsp3) is 0.364. The van der Waals surface area contributed by atoms with E-state index >= 15 is 0 Å². The van der Waals surface area contributed by atoms with Crippen molar-refractivity contribution < 1.29 is 17.9 Å². The zero-order chi connectivity index (χ0) is 12.2. The number of hydrogen-bond donors (Lipinski definition) is 0. The molecule has 2 nitrogen and oxygen atoms in total. The third-order valence-electron chi connectivity index (χ3n) is 2.07. The molecule has 0 fully saturated rings. The Labute approximate surface area is 91.8 Å². The maximum absolute atomic E-state index is 12.4. The summed E-state index contributed by atoms with van der Waals surface area (Å²) in [6.07, 6.45) is -4.33. The van der Waals surface area contributed by atoms with Crippen molar-refractivity contribution in [2.45, 2.75) is 6.18 Å². The van der Waals surface area contributed by atoms with Crippen molar-refractivity contribution >= 4 is 5.71 Å². The van der Waals surface area contributed by atoms with Crippen LogP contribution in [0, 0.1) is 0 Å². The molecule has 0 atom stereocenters. The zero-order valence-electron chi connectivity index (χ0n) is 9.01. The molecule has 0 amide bonds. The highest BCUT2D eigenvalue weighted by atomic mass is 19.4. The van der Waals surface area contributed by atoms with Gasteiger partial charge < -0.3 is 4.74 Å². The first-order chi connectivity index (χ1) is 7.49. The topological polar surface area (TPSA) is 21.6 Å². The smallest absolute Gasteiger partial charge is 0.378 e. The van der Waals surface area contributed by atoms with Crippen molar-refractivity contribution in [2.75, 3.05) is 20.8 Å². The Hall–Kier alpha value is -1.36. The van der Waals surface area contributed by atoms with Gasteiger partial charge in [-0.2, -0.15) is 13.2 Å². The maximum Gasteiger partial charge on any atom is 0.416 e. The van der Waals surface area contributed by atoms with Gasteiger partial charge in [-0.1, -0.05) is 12.1 Å². The van der Waals surface area contributed by atoms with E-state index in [1.165, 1.54) is 20.2 Å². The van der Waals surface area contributed by atoms with Crippen LogP contribution in [0.3, 0.4) is 0 Å². The summed E-state index contributed by atoms with van der Waals surface area (Å²) >= 11 is 0. The van der Waals surface area contributed by atoms with Crippen molar-refractivity contribution in [1.29, 1.82) is 0 Å². The molecule has 1 aromatic rings. The molecule has 0 saturated heterocycles. The van der Waals surface area contributed by atoms with Gasteiger partial charge in [0.1, 0.15) is 0 Å². The van der Waals surface area contributed by atoms with Crippen molar-refractivity contribution in [1.82, 2.24) is 0 Å². The van der Waals surface area contributed by atoms with Gasteiger partial charge in [0.05, 0.1) is 17.9 Å². The highest BCUT2D eigenvalue weighted by Gasteiger charge is 2.30. The Kier molecular flexibility index (Phi) is 4.06. The van der Waals surface area contributed by atoms with Gasteiger partial charge in [0.25, 0.3) is 0 Å². The van der Waals surface area contributed by atoms with Crippen LogP contribution in [0.4, 0.5) is 13.2 Å². The van der Waals surface area contributed by atoms with Crippen molar-refractivity contribution in [2.24, 2.45) is 4.99 Å². The number of nitrogens with zero attached hydrogens (tertiary/aromatic N) is 1. The Morgan fingerprint density at radius 2 is 2.06 bits per heavy atom. The van der Waals surface area contributed by atoms with Gasteiger partial charge in [-0.15, -0.1) is 0 Å². The molecule has 0 spiro atoms. The molecule has 0 aliphatic rings. The highest BCUT2D eigenvalue weighted by Crippen LogP contribution is 2.29. The molecule has 88 valence electrons. The molecule has 0 aromatic heterocycles. The molecule has 1 rings (SSSR count). The molecule has 0 bridgehead atoms. The predicted molar refractivity (Wildman–Crippen MR) is 55.8 cm³/mol. The van der Waals surface area contributed by atoms with E-state index in [1.54, 1.807) is 6.07 Å². The second-order valence-electron chi connectivity index (χ2n) is 3.18. The zero-order valence-corrected chi connectivity index (χ0v) is 9.01. The molecule has 1 aromatic carbocycles. The molecule has 0 saturated carbocycles. The summed E-state index contributed by atoms with van der Waals surface area (Å²) in [5.41, 5.74) is 0.245. The second kappa shape index (κ2) is 5.12. The molecule has 0 N–H and O–H groups in total. The number of benzene rings is 1. The average molecular weight is 231 g/mol. The molecule has 0 radical (unpaired) electrons. The SMILES string of the molecule is CN=C(COC)c1cccc(C(F)(F)F)c1. The van der Waals surface area contributed by atoms with Crippen LogP contribution in [-0.4, -0.2) is 26.5 Å². The number of hydrogen-bond acceptors (Lipinski definition) is 2. The van der Waals surface area contributed by atoms with E-state index in [0.717, 1.165) is 12.1 Å². The van der Waals surface area contributed by atoms with Crippen LogP contribution in [0.2, 0.25) is 0 Å². The summed E-state index contributed by atoms with van der Waals surface area (Å²) in [7, 11) is 2.99. The average Bonchev–Trinajstić information content (AvgIpc) is 2.25. The normalized spacial score (nSPS) is 12.9. The summed E-state index contributed by atoms with van der Waals surface area (Å²) in [5.74, 6) is 0. The Bertz CT molecular complexity index is 385. The number of alkyl halides is 3. The van der Waals surface area contributed by atoms with E-state index in [1.807, 2.05) is 0 Å². The minimum atomic E-state index is -4.33. The maximum atomic E-state index is 12.4. The van der Waals surface area contributed by atoms with Crippen molar-refractivity contribution in [3.05, 3.63) is 35.4 Å². The fourth-order valence-electron chi connectivity index (χ4n) is 1.29. The molecular formula is C11H12F3NO. The number of ether oxygens (including phenoxy) is 1. The lowest BCUT2D eigenvalue weighted by molar-refractivity contribution is -0.137. The van der Waals surface area contributed by atoms with E-state index in [4.69, 9.17) is 4.74 Å². The number of halogens is 3. The number of rotatable bonds is 3. The number of aliphatic imine (C=N–C) groups is 1. The summed E-state index contributed by atoms with van der Waals surface area (Å²) in [6.45, 7) is 0.192. The van der Waals surface area contributed by atoms with Crippen LogP contribution < -0.4 is 0 Å². The van der Waals surface area contributed by atoms with Gasteiger partial charge >= 0.3 is 6.18 Å². The van der Waals surface area contributed by atoms with Crippen LogP contribution in [0.25, 0.3) is 0 Å². The molecule has 0 aliphatic heterocycles. The highest BCUT2D eigenvalue weighted by molar-refractivity contribution is 6.01. The minimum absolute atomic E-state index is 0.192. The van der Waals surface area contributed by atoms with Gasteiger partial charge in [-0.3, -0.25) is 4.99 Å². The molecule has 0 aliphatic carbocycles. The lowest BCUT2D eigenvalue weighted by Gasteiger charge is -2.09. The van der Waals surface area contributed by atoms with Gasteiger partial charge in [-0.05, 0) is 17.7 Å². The van der Waals surface area contributed by atoms with Crippen LogP contribution in [0.5, 0.6) is 0 Å². The lowest BCUT2D eigenvalue weighted by Crippen LogP contribution is -2.11. The molecule has 0 heterocycles. The molecule has 5 heteroatoms. The van der Waals surface area contributed by atoms with Crippen molar-refractivity contribution in [3.63, 3.8) is 0 Å². The Balaban J connectivity index is 3.07. The van der Waals surface area contributed by atoms with Crippen molar-refractivity contribution in [3.8, 4) is 0 Å². The third kappa shape index (κ3) is 3.06. The quantitative estimate of drug-likeness (QED) is 0.733. The van der Waals surface area contributed by atoms with Crippen LogP contribution >= 0.6 is 0 Å². The largest absolute Gasteiger partial charge is 0.416 e. The Morgan fingerprint density at radius 1 is 1.38 bits per heavy atom. The minimum Gasteiger partial charge on any atom is -0.378 e. The lowest BCUT2D eigenvalue weighted by atomic mass is 10.1. The van der Waals surface area contributed by atoms with Crippen LogP contribution in [0.15, 0.2) is 29.3 Å². The monoisotopic (exact) mass is 231 g/mol.